The Hall–Kier alpha value is -4.18. The van der Waals surface area contributed by atoms with Gasteiger partial charge in [0.05, 0.1) is 13.7 Å². The minimum absolute atomic E-state index is 0.0585. The molecule has 0 radical (unpaired) electrons. The maximum atomic E-state index is 6.05. The molecule has 0 amide bonds. The molecular weight excluding hydrogens is 623 g/mol. The third-order valence-electron chi connectivity index (χ3n) is 11.8. The number of fused-ring (bicyclic) bond motifs is 7. The molecule has 0 saturated carbocycles. The van der Waals surface area contributed by atoms with Crippen molar-refractivity contribution >= 4 is 52.8 Å². The van der Waals surface area contributed by atoms with Crippen molar-refractivity contribution in [2.75, 3.05) is 6.61 Å². The van der Waals surface area contributed by atoms with E-state index in [0.717, 1.165) is 13.0 Å². The first-order chi connectivity index (χ1) is 24.1. The van der Waals surface area contributed by atoms with Crippen LogP contribution in [0.15, 0.2) is 109 Å². The van der Waals surface area contributed by atoms with E-state index in [4.69, 9.17) is 4.74 Å². The molecule has 1 aromatic heterocycles. The van der Waals surface area contributed by atoms with Crippen LogP contribution >= 0.6 is 0 Å². The highest BCUT2D eigenvalue weighted by atomic mass is 28.3. The van der Waals surface area contributed by atoms with Gasteiger partial charge in [-0.2, -0.15) is 0 Å². The number of benzene rings is 5. The van der Waals surface area contributed by atoms with Gasteiger partial charge in [0.25, 0.3) is 0 Å². The summed E-state index contributed by atoms with van der Waals surface area (Å²) < 4.78 is 8.38. The minimum atomic E-state index is -2.02. The molecule has 254 valence electrons. The lowest BCUT2D eigenvalue weighted by molar-refractivity contribution is -0.00471. The van der Waals surface area contributed by atoms with E-state index in [1.54, 1.807) is 16.7 Å². The van der Waals surface area contributed by atoms with Crippen LogP contribution in [0.5, 0.6) is 0 Å². The number of aryl methyl sites for hydroxylation is 1. The topological polar surface area (TPSA) is 14.2 Å². The number of hydrogen-bond acceptors (Lipinski definition) is 1. The number of allylic oxidation sites excluding steroid dienone is 2. The van der Waals surface area contributed by atoms with Gasteiger partial charge in [0.2, 0.25) is 0 Å². The summed E-state index contributed by atoms with van der Waals surface area (Å²) in [5, 5.41) is 5.39. The van der Waals surface area contributed by atoms with Crippen LogP contribution in [0.3, 0.4) is 0 Å². The molecule has 0 bridgehead atoms. The first kappa shape index (κ1) is 33.0. The molecule has 2 aliphatic rings. The fourth-order valence-corrected chi connectivity index (χ4v) is 15.0. The van der Waals surface area contributed by atoms with Crippen LogP contribution in [0, 0.1) is 0 Å². The van der Waals surface area contributed by atoms with Crippen molar-refractivity contribution in [3.05, 3.63) is 131 Å². The molecule has 0 aliphatic heterocycles. The number of rotatable bonds is 10. The average Bonchev–Trinajstić information content (AvgIpc) is 3.79. The molecule has 0 fully saturated rings. The number of aromatic nitrogens is 1. The van der Waals surface area contributed by atoms with Gasteiger partial charge < -0.3 is 9.30 Å². The molecule has 3 heteroatoms. The molecule has 0 saturated heterocycles. The van der Waals surface area contributed by atoms with Crippen molar-refractivity contribution in [3.8, 4) is 11.1 Å². The fourth-order valence-electron chi connectivity index (χ4n) is 9.47. The lowest BCUT2D eigenvalue weighted by Gasteiger charge is -2.41. The maximum absolute atomic E-state index is 6.05. The van der Waals surface area contributed by atoms with Crippen molar-refractivity contribution in [1.29, 1.82) is 0 Å². The molecule has 2 nitrogen and oxygen atoms in total. The van der Waals surface area contributed by atoms with Gasteiger partial charge in [-0.25, -0.2) is 0 Å². The smallest absolute Gasteiger partial charge is 0.0748 e. The summed E-state index contributed by atoms with van der Waals surface area (Å²) in [5.74, 6) is 0. The SMILES string of the molecule is CC1=Cc2c(-c3ccc4c(c3)c3ccccc3n4C)cccc2C1[Si](C)(CCCCCCOC(C)(C)C)C1C=Cc2c1ccc1ccccc21. The van der Waals surface area contributed by atoms with Crippen molar-refractivity contribution in [2.45, 2.75) is 82.7 Å². The van der Waals surface area contributed by atoms with Gasteiger partial charge in [-0.3, -0.25) is 0 Å². The maximum Gasteiger partial charge on any atom is 0.0748 e. The average molecular weight is 674 g/mol. The molecule has 6 aromatic rings. The first-order valence-corrected chi connectivity index (χ1v) is 21.6. The molecule has 3 unspecified atom stereocenters. The van der Waals surface area contributed by atoms with Crippen LogP contribution in [-0.2, 0) is 11.8 Å². The van der Waals surface area contributed by atoms with E-state index in [1.165, 1.54) is 80.1 Å². The Bertz CT molecular complexity index is 2300. The Morgan fingerprint density at radius 2 is 1.48 bits per heavy atom. The fraction of sp³-hybridized carbons (Fsp3) is 0.319. The molecule has 1 heterocycles. The molecule has 8 rings (SSSR count). The second-order valence-electron chi connectivity index (χ2n) is 16.2. The molecule has 0 N–H and O–H groups in total. The zero-order valence-electron chi connectivity index (χ0n) is 30.7. The highest BCUT2D eigenvalue weighted by Crippen LogP contribution is 2.54. The van der Waals surface area contributed by atoms with Crippen LogP contribution in [0.1, 0.15) is 86.7 Å². The van der Waals surface area contributed by atoms with E-state index >= 15 is 0 Å². The Morgan fingerprint density at radius 1 is 0.720 bits per heavy atom. The highest BCUT2D eigenvalue weighted by molar-refractivity contribution is 6.82. The molecule has 2 aliphatic carbocycles. The molecular formula is C47H51NOSi. The minimum Gasteiger partial charge on any atom is -0.376 e. The van der Waals surface area contributed by atoms with Gasteiger partial charge in [-0.1, -0.05) is 135 Å². The number of hydrogen-bond donors (Lipinski definition) is 0. The zero-order chi connectivity index (χ0) is 34.6. The lowest BCUT2D eigenvalue weighted by atomic mass is 9.96. The predicted octanol–water partition coefficient (Wildman–Crippen LogP) is 13.0. The number of ether oxygens (including phenoxy) is 1. The quantitative estimate of drug-likeness (QED) is 0.104. The summed E-state index contributed by atoms with van der Waals surface area (Å²) >= 11 is 0. The zero-order valence-corrected chi connectivity index (χ0v) is 31.7. The van der Waals surface area contributed by atoms with Crippen molar-refractivity contribution in [2.24, 2.45) is 7.05 Å². The third kappa shape index (κ3) is 5.69. The predicted molar refractivity (Wildman–Crippen MR) is 219 cm³/mol. The number of para-hydroxylation sites is 1. The largest absolute Gasteiger partial charge is 0.376 e. The summed E-state index contributed by atoms with van der Waals surface area (Å²) in [7, 11) is 0.161. The summed E-state index contributed by atoms with van der Waals surface area (Å²) in [6, 6.07) is 38.1. The third-order valence-corrected chi connectivity index (χ3v) is 17.3. The standard InChI is InChI=1S/C47H51NOSi/c1-32-30-41-36(34-23-26-44-42(31-34)38-18-11-12-21-43(38)48(44)5)19-15-20-40(41)46(32)50(6,29-14-8-7-13-28-49-47(2,3)4)45-27-25-37-35-17-10-9-16-33(35)22-24-39(37)45/h9-12,15-27,30-31,45-46H,7-8,13-14,28-29H2,1-6H3. The van der Waals surface area contributed by atoms with E-state index in [9.17, 15) is 0 Å². The van der Waals surface area contributed by atoms with Gasteiger partial charge in [0.15, 0.2) is 0 Å². The van der Waals surface area contributed by atoms with Crippen LogP contribution < -0.4 is 0 Å². The van der Waals surface area contributed by atoms with Crippen LogP contribution in [0.25, 0.3) is 55.9 Å². The van der Waals surface area contributed by atoms with Crippen LogP contribution in [0.2, 0.25) is 12.6 Å². The molecule has 0 spiro atoms. The molecule has 50 heavy (non-hydrogen) atoms. The number of nitrogens with zero attached hydrogens (tertiary/aromatic N) is 1. The van der Waals surface area contributed by atoms with Crippen molar-refractivity contribution in [3.63, 3.8) is 0 Å². The summed E-state index contributed by atoms with van der Waals surface area (Å²) in [6.45, 7) is 12.5. The van der Waals surface area contributed by atoms with Crippen LogP contribution in [0.4, 0.5) is 0 Å². The van der Waals surface area contributed by atoms with E-state index < -0.39 is 8.07 Å². The van der Waals surface area contributed by atoms with E-state index in [1.807, 2.05) is 0 Å². The Kier molecular flexibility index (Phi) is 8.48. The Morgan fingerprint density at radius 3 is 2.32 bits per heavy atom. The van der Waals surface area contributed by atoms with Gasteiger partial charge in [0, 0.05) is 41.0 Å². The second kappa shape index (κ2) is 12.9. The van der Waals surface area contributed by atoms with Gasteiger partial charge >= 0.3 is 0 Å². The van der Waals surface area contributed by atoms with Crippen molar-refractivity contribution < 1.29 is 4.74 Å². The molecule has 5 aromatic carbocycles. The van der Waals surface area contributed by atoms with E-state index in [0.29, 0.717) is 11.1 Å². The second-order valence-corrected chi connectivity index (χ2v) is 20.9. The Labute approximate surface area is 299 Å². The lowest BCUT2D eigenvalue weighted by Crippen LogP contribution is -2.44. The monoisotopic (exact) mass is 673 g/mol. The number of unbranched alkanes of at least 4 members (excludes halogenated alkanes) is 3. The van der Waals surface area contributed by atoms with Crippen LogP contribution in [-0.4, -0.2) is 24.8 Å². The van der Waals surface area contributed by atoms with Crippen molar-refractivity contribution in [1.82, 2.24) is 4.57 Å². The summed E-state index contributed by atoms with van der Waals surface area (Å²) in [6.07, 6.45) is 12.5. The van der Waals surface area contributed by atoms with E-state index in [-0.39, 0.29) is 5.60 Å². The van der Waals surface area contributed by atoms with E-state index in [2.05, 4.69) is 161 Å². The normalized spacial score (nSPS) is 18.2. The highest BCUT2D eigenvalue weighted by Gasteiger charge is 2.48. The van der Waals surface area contributed by atoms with Gasteiger partial charge in [-0.05, 0) is 102 Å². The van der Waals surface area contributed by atoms with Gasteiger partial charge in [0.1, 0.15) is 0 Å². The summed E-state index contributed by atoms with van der Waals surface area (Å²) in [5.41, 5.74) is 13.7. The Balaban J connectivity index is 1.16. The summed E-state index contributed by atoms with van der Waals surface area (Å²) in [4.78, 5) is 0. The first-order valence-electron chi connectivity index (χ1n) is 18.8. The van der Waals surface area contributed by atoms with Gasteiger partial charge in [-0.15, -0.1) is 0 Å². The molecule has 3 atom stereocenters.